The predicted molar refractivity (Wildman–Crippen MR) is 230 cm³/mol. The zero-order valence-electron chi connectivity index (χ0n) is 36.2. The number of hydrogen-bond acceptors (Lipinski definition) is 11. The molecule has 4 atom stereocenters. The van der Waals surface area contributed by atoms with Gasteiger partial charge < -0.3 is 24.6 Å². The highest BCUT2D eigenvalue weighted by Gasteiger charge is 2.41. The molecule has 2 aromatic carbocycles. The number of aryl methyl sites for hydroxylation is 1. The lowest BCUT2D eigenvalue weighted by Crippen LogP contribution is -2.62. The lowest BCUT2D eigenvalue weighted by atomic mass is 9.84. The lowest BCUT2D eigenvalue weighted by molar-refractivity contribution is -0.183. The number of hydrogen-bond donors (Lipinski definition) is 3. The third-order valence-electron chi connectivity index (χ3n) is 11.9. The van der Waals surface area contributed by atoms with Gasteiger partial charge in [-0.05, 0) is 84.7 Å². The average molecular weight is 849 g/mol. The molecule has 328 valence electrons. The van der Waals surface area contributed by atoms with Crippen LogP contribution in [0, 0.1) is 11.3 Å². The summed E-state index contributed by atoms with van der Waals surface area (Å²) >= 11 is 0. The molecule has 0 radical (unpaired) electrons. The van der Waals surface area contributed by atoms with E-state index in [-0.39, 0.29) is 38.3 Å². The first-order valence-corrected chi connectivity index (χ1v) is 21.2. The van der Waals surface area contributed by atoms with Gasteiger partial charge in [0.15, 0.2) is 6.10 Å². The van der Waals surface area contributed by atoms with Crippen molar-refractivity contribution in [1.82, 2.24) is 40.2 Å². The highest BCUT2D eigenvalue weighted by molar-refractivity contribution is 5.96. The van der Waals surface area contributed by atoms with E-state index in [0.29, 0.717) is 36.9 Å². The lowest BCUT2D eigenvalue weighted by Gasteiger charge is -2.37. The number of hydroxylamine groups is 2. The molecule has 16 heteroatoms. The molecule has 4 aromatic rings. The molecule has 0 aliphatic carbocycles. The molecule has 2 aromatic heterocycles. The number of carbonyl (C=O) groups is 5. The maximum Gasteiger partial charge on any atom is 0.324 e. The fourth-order valence-electron chi connectivity index (χ4n) is 8.93. The van der Waals surface area contributed by atoms with Gasteiger partial charge in [-0.15, -0.1) is 0 Å². The molecular formula is C46H56N8O8. The Morgan fingerprint density at radius 1 is 1.06 bits per heavy atom. The molecule has 5 heterocycles. The number of ether oxygens (including phenoxy) is 1. The van der Waals surface area contributed by atoms with E-state index in [9.17, 15) is 29.1 Å². The summed E-state index contributed by atoms with van der Waals surface area (Å²) in [7, 11) is 1.50. The van der Waals surface area contributed by atoms with Crippen LogP contribution in [0.2, 0.25) is 0 Å². The Balaban J connectivity index is 1.28. The van der Waals surface area contributed by atoms with Crippen LogP contribution in [-0.4, -0.2) is 115 Å². The molecule has 0 spiro atoms. The second-order valence-electron chi connectivity index (χ2n) is 17.5. The van der Waals surface area contributed by atoms with Crippen LogP contribution in [0.3, 0.4) is 0 Å². The first-order chi connectivity index (χ1) is 29.6. The van der Waals surface area contributed by atoms with Gasteiger partial charge in [0.2, 0.25) is 5.91 Å². The van der Waals surface area contributed by atoms with Gasteiger partial charge in [0.25, 0.3) is 17.7 Å². The van der Waals surface area contributed by atoms with E-state index in [1.54, 1.807) is 38.4 Å². The minimum absolute atomic E-state index is 0.0241. The van der Waals surface area contributed by atoms with E-state index in [4.69, 9.17) is 9.57 Å². The van der Waals surface area contributed by atoms with E-state index < -0.39 is 65.2 Å². The number of fused-ring (bicyclic) bond motifs is 6. The van der Waals surface area contributed by atoms with Gasteiger partial charge in [-0.25, -0.2) is 20.5 Å². The van der Waals surface area contributed by atoms with E-state index in [1.165, 1.54) is 23.3 Å². The highest BCUT2D eigenvalue weighted by atomic mass is 16.7. The average Bonchev–Trinajstić information content (AvgIpc) is 3.87. The van der Waals surface area contributed by atoms with Crippen LogP contribution in [0.5, 0.6) is 5.75 Å². The standard InChI is InChI=1S/C46H56N8O8/c1-8-39(56)54-16-14-38(62-54)44(59)51(7)40(27(3)4)42(57)49-36-19-28-17-30(20-32(55)18-28)29-12-13-37-33(21-29)34(41(52(37)9-2)31-23-47-26-48-24-31)22-46(5,6)25-61-45(60)35-11-10-15-53(50-35)43(36)58/h8,12-13,17-18,20-21,23-24,26-27,35-36,38,40,50,55H,1,9-11,14-16,19,22,25H2,2-7H3,(H,49,57)/t35-,36?,38-,40-/m0/s1. The SMILES string of the molecule is C=CC(=O)N1CC[C@@H](C(=O)N(C)[C@H](C(=O)NC2Cc3cc(O)cc(c3)-c3ccc4c(c3)c(c(-c3cncnc3)n4CC)CC(C)(C)COC(=O)[C@@H]3CCCN(N3)C2=O)C(C)C)O1. The van der Waals surface area contributed by atoms with Crippen LogP contribution >= 0.6 is 0 Å². The number of nitrogens with zero attached hydrogens (tertiary/aromatic N) is 6. The Kier molecular flexibility index (Phi) is 12.8. The zero-order valence-corrected chi connectivity index (χ0v) is 36.2. The highest BCUT2D eigenvalue weighted by Crippen LogP contribution is 2.40. The quantitative estimate of drug-likeness (QED) is 0.169. The summed E-state index contributed by atoms with van der Waals surface area (Å²) in [5.41, 5.74) is 8.52. The van der Waals surface area contributed by atoms with Gasteiger partial charge in [-0.3, -0.25) is 33.8 Å². The number of benzene rings is 2. The summed E-state index contributed by atoms with van der Waals surface area (Å²) in [4.78, 5) is 84.2. The molecule has 3 aliphatic heterocycles. The van der Waals surface area contributed by atoms with Gasteiger partial charge in [-0.2, -0.15) is 0 Å². The van der Waals surface area contributed by atoms with E-state index in [1.807, 2.05) is 12.1 Å². The minimum atomic E-state index is -1.19. The van der Waals surface area contributed by atoms with Crippen molar-refractivity contribution in [2.75, 3.05) is 26.7 Å². The fourth-order valence-corrected chi connectivity index (χ4v) is 8.93. The van der Waals surface area contributed by atoms with Crippen LogP contribution in [0.4, 0.5) is 0 Å². The number of aromatic nitrogens is 3. The van der Waals surface area contributed by atoms with Crippen LogP contribution in [0.15, 0.2) is 67.8 Å². The van der Waals surface area contributed by atoms with Crippen molar-refractivity contribution >= 4 is 40.5 Å². The zero-order chi connectivity index (χ0) is 44.5. The Morgan fingerprint density at radius 2 is 1.82 bits per heavy atom. The summed E-state index contributed by atoms with van der Waals surface area (Å²) in [6, 6.07) is 8.25. The Morgan fingerprint density at radius 3 is 2.53 bits per heavy atom. The number of carbonyl (C=O) groups excluding carboxylic acids is 5. The second-order valence-corrected chi connectivity index (χ2v) is 17.5. The van der Waals surface area contributed by atoms with Crippen LogP contribution in [0.25, 0.3) is 33.3 Å². The number of likely N-dealkylation sites (N-methyl/N-ethyl adjacent to an activating group) is 1. The maximum atomic E-state index is 14.6. The molecule has 6 bridgehead atoms. The van der Waals surface area contributed by atoms with Gasteiger partial charge in [0, 0.05) is 67.3 Å². The van der Waals surface area contributed by atoms with Crippen LogP contribution in [-0.2, 0) is 52.9 Å². The topological polar surface area (TPSA) is 189 Å². The molecule has 16 nitrogen and oxygen atoms in total. The Hall–Kier alpha value is -6.13. The minimum Gasteiger partial charge on any atom is -0.508 e. The molecule has 2 fully saturated rings. The van der Waals surface area contributed by atoms with Crippen molar-refractivity contribution in [3.05, 3.63) is 78.9 Å². The first-order valence-electron chi connectivity index (χ1n) is 21.2. The summed E-state index contributed by atoms with van der Waals surface area (Å²) in [5, 5.41) is 17.6. The van der Waals surface area contributed by atoms with Crippen molar-refractivity contribution in [1.29, 1.82) is 0 Å². The van der Waals surface area contributed by atoms with Crippen LogP contribution < -0.4 is 10.7 Å². The Bertz CT molecular complexity index is 2380. The molecule has 7 rings (SSSR count). The summed E-state index contributed by atoms with van der Waals surface area (Å²) in [5.74, 6) is -2.96. The molecule has 3 aliphatic rings. The number of rotatable bonds is 8. The van der Waals surface area contributed by atoms with E-state index in [2.05, 4.69) is 64.8 Å². The third kappa shape index (κ3) is 9.07. The number of phenols is 1. The number of esters is 1. The first kappa shape index (κ1) is 43.9. The number of amides is 4. The van der Waals surface area contributed by atoms with Crippen LogP contribution in [0.1, 0.15) is 65.0 Å². The van der Waals surface area contributed by atoms with Gasteiger partial charge in [-0.1, -0.05) is 46.4 Å². The molecule has 2 saturated heterocycles. The number of phenolic OH excluding ortho intramolecular Hbond substituents is 1. The predicted octanol–water partition coefficient (Wildman–Crippen LogP) is 4.34. The van der Waals surface area contributed by atoms with Crippen molar-refractivity contribution in [3.63, 3.8) is 0 Å². The molecule has 4 amide bonds. The molecule has 0 saturated carbocycles. The molecule has 3 N–H and O–H groups in total. The van der Waals surface area contributed by atoms with Crippen molar-refractivity contribution in [2.24, 2.45) is 11.3 Å². The number of cyclic esters (lactones) is 1. The summed E-state index contributed by atoms with van der Waals surface area (Å²) in [6.45, 7) is 14.5. The molecular weight excluding hydrogens is 793 g/mol. The number of aromatic hydroxyl groups is 1. The van der Waals surface area contributed by atoms with E-state index in [0.717, 1.165) is 44.4 Å². The van der Waals surface area contributed by atoms with Gasteiger partial charge in [0.05, 0.1) is 18.8 Å². The largest absolute Gasteiger partial charge is 0.508 e. The maximum absolute atomic E-state index is 14.6. The monoisotopic (exact) mass is 848 g/mol. The van der Waals surface area contributed by atoms with E-state index >= 15 is 0 Å². The van der Waals surface area contributed by atoms with Gasteiger partial charge in [0.1, 0.15) is 30.2 Å². The third-order valence-corrected chi connectivity index (χ3v) is 11.9. The van der Waals surface area contributed by atoms with Crippen molar-refractivity contribution < 1.29 is 38.7 Å². The van der Waals surface area contributed by atoms with Crippen molar-refractivity contribution in [3.8, 4) is 28.1 Å². The Labute approximate surface area is 361 Å². The van der Waals surface area contributed by atoms with Crippen molar-refractivity contribution in [2.45, 2.75) is 97.5 Å². The summed E-state index contributed by atoms with van der Waals surface area (Å²) in [6.07, 6.45) is 6.89. The number of nitrogens with one attached hydrogen (secondary N) is 2. The smallest absolute Gasteiger partial charge is 0.324 e. The normalized spacial score (nSPS) is 21.0. The molecule has 62 heavy (non-hydrogen) atoms. The fraction of sp³-hybridized carbons (Fsp3) is 0.457. The summed E-state index contributed by atoms with van der Waals surface area (Å²) < 4.78 is 8.26. The van der Waals surface area contributed by atoms with Gasteiger partial charge >= 0.3 is 5.97 Å². The second kappa shape index (κ2) is 18.1. The number of hydrazine groups is 1. The molecule has 1 unspecified atom stereocenters.